The molecule has 0 radical (unpaired) electrons. The fraction of sp³-hybridized carbons (Fsp3) is 0.174. The molecule has 0 atom stereocenters. The Morgan fingerprint density at radius 1 is 1.17 bits per heavy atom. The maximum atomic E-state index is 13.1. The standard InChI is InChI=1S/C23H19FN4O6S2/c1-3-33-18-12-13(5-10-17(18)34-21(30)14-6-8-15(24)9-7-14)11-16-19(25)28-22(26-20(16)29)35-23(27-28)36(31,32)4-2/h5-12,25H,3-4H2,1-2H3. The molecule has 2 aliphatic heterocycles. The van der Waals surface area contributed by atoms with E-state index < -0.39 is 27.5 Å². The quantitative estimate of drug-likeness (QED) is 0.340. The maximum absolute atomic E-state index is 13.1. The summed E-state index contributed by atoms with van der Waals surface area (Å²) in [4.78, 5) is 28.9. The van der Waals surface area contributed by atoms with Crippen LogP contribution in [-0.4, -0.2) is 53.0 Å². The summed E-state index contributed by atoms with van der Waals surface area (Å²) in [6.45, 7) is 3.45. The predicted molar refractivity (Wildman–Crippen MR) is 133 cm³/mol. The van der Waals surface area contributed by atoms with Gasteiger partial charge in [-0.25, -0.2) is 17.6 Å². The smallest absolute Gasteiger partial charge is 0.343 e. The summed E-state index contributed by atoms with van der Waals surface area (Å²) in [5.41, 5.74) is 0.467. The molecule has 186 valence electrons. The second-order valence-corrected chi connectivity index (χ2v) is 10.7. The van der Waals surface area contributed by atoms with Gasteiger partial charge in [0.1, 0.15) is 5.82 Å². The van der Waals surface area contributed by atoms with Crippen LogP contribution in [0.5, 0.6) is 11.5 Å². The van der Waals surface area contributed by atoms with E-state index in [2.05, 4.69) is 10.1 Å². The number of nitrogens with one attached hydrogen (secondary N) is 1. The summed E-state index contributed by atoms with van der Waals surface area (Å²) in [6.07, 6.45) is 1.38. The number of carbonyl (C=O) groups is 2. The molecule has 1 N–H and O–H groups in total. The molecule has 0 aliphatic carbocycles. The number of sulfone groups is 1. The first kappa shape index (κ1) is 25.3. The van der Waals surface area contributed by atoms with Crippen LogP contribution >= 0.6 is 11.8 Å². The number of amidine groups is 2. The maximum Gasteiger partial charge on any atom is 0.343 e. The lowest BCUT2D eigenvalue weighted by molar-refractivity contribution is -0.114. The number of fused-ring (bicyclic) bond motifs is 1. The van der Waals surface area contributed by atoms with Crippen LogP contribution < -0.4 is 9.47 Å². The number of carbonyl (C=O) groups excluding carboxylic acids is 2. The van der Waals surface area contributed by atoms with Crippen LogP contribution in [0.15, 0.2) is 58.1 Å². The van der Waals surface area contributed by atoms with Crippen molar-refractivity contribution in [1.82, 2.24) is 5.01 Å². The molecule has 0 bridgehead atoms. The molecule has 0 aromatic heterocycles. The van der Waals surface area contributed by atoms with E-state index in [9.17, 15) is 22.4 Å². The van der Waals surface area contributed by atoms with Crippen LogP contribution in [0.2, 0.25) is 0 Å². The van der Waals surface area contributed by atoms with Crippen LogP contribution in [0, 0.1) is 11.2 Å². The number of thioether (sulfide) groups is 1. The molecule has 0 saturated carbocycles. The van der Waals surface area contributed by atoms with Gasteiger partial charge in [-0.3, -0.25) is 10.2 Å². The summed E-state index contributed by atoms with van der Waals surface area (Å²) in [6, 6.07) is 9.38. The Hall–Kier alpha value is -3.84. The van der Waals surface area contributed by atoms with Crippen molar-refractivity contribution in [2.75, 3.05) is 12.4 Å². The first-order valence-electron chi connectivity index (χ1n) is 10.6. The number of rotatable bonds is 6. The molecule has 4 rings (SSSR count). The fourth-order valence-electron chi connectivity index (χ4n) is 3.10. The highest BCUT2D eigenvalue weighted by atomic mass is 32.3. The average molecular weight is 531 g/mol. The first-order valence-corrected chi connectivity index (χ1v) is 13.1. The molecule has 36 heavy (non-hydrogen) atoms. The molecule has 2 aromatic carbocycles. The van der Waals surface area contributed by atoms with Crippen molar-refractivity contribution in [3.63, 3.8) is 0 Å². The second kappa shape index (κ2) is 10.0. The van der Waals surface area contributed by atoms with Crippen molar-refractivity contribution in [3.8, 4) is 11.5 Å². The van der Waals surface area contributed by atoms with E-state index in [-0.39, 0.29) is 50.4 Å². The summed E-state index contributed by atoms with van der Waals surface area (Å²) >= 11 is 0.717. The number of ether oxygens (including phenoxy) is 2. The Kier molecular flexibility index (Phi) is 7.04. The van der Waals surface area contributed by atoms with Crippen molar-refractivity contribution >= 4 is 54.9 Å². The fourth-order valence-corrected chi connectivity index (χ4v) is 5.27. The Balaban J connectivity index is 1.62. The third kappa shape index (κ3) is 5.06. The second-order valence-electron chi connectivity index (χ2n) is 7.32. The van der Waals surface area contributed by atoms with E-state index in [0.717, 1.165) is 28.9 Å². The van der Waals surface area contributed by atoms with Gasteiger partial charge in [0.05, 0.1) is 23.5 Å². The average Bonchev–Trinajstić information content (AvgIpc) is 3.29. The molecule has 0 spiro atoms. The van der Waals surface area contributed by atoms with E-state index in [4.69, 9.17) is 14.9 Å². The van der Waals surface area contributed by atoms with E-state index in [1.807, 2.05) is 0 Å². The third-order valence-electron chi connectivity index (χ3n) is 4.94. The normalized spacial score (nSPS) is 16.5. The predicted octanol–water partition coefficient (Wildman–Crippen LogP) is 3.45. The van der Waals surface area contributed by atoms with E-state index in [1.54, 1.807) is 6.92 Å². The summed E-state index contributed by atoms with van der Waals surface area (Å²) in [7, 11) is -3.64. The minimum Gasteiger partial charge on any atom is -0.490 e. The van der Waals surface area contributed by atoms with E-state index in [0.29, 0.717) is 5.56 Å². The van der Waals surface area contributed by atoms with E-state index in [1.165, 1.54) is 43.3 Å². The number of hydrazone groups is 1. The van der Waals surface area contributed by atoms with Crippen molar-refractivity contribution < 1.29 is 31.9 Å². The highest BCUT2D eigenvalue weighted by Gasteiger charge is 2.39. The molecular formula is C23H19FN4O6S2. The van der Waals surface area contributed by atoms with Crippen LogP contribution in [0.25, 0.3) is 6.08 Å². The lowest BCUT2D eigenvalue weighted by atomic mass is 10.1. The zero-order valence-corrected chi connectivity index (χ0v) is 20.7. The van der Waals surface area contributed by atoms with Crippen molar-refractivity contribution in [2.24, 2.45) is 10.1 Å². The number of hydrogen-bond acceptors (Lipinski definition) is 9. The Morgan fingerprint density at radius 2 is 1.89 bits per heavy atom. The SMILES string of the molecule is CCOc1cc(C=C2C(=N)N3N=C(S(=O)(=O)CC)SC3=NC2=O)ccc1OC(=O)c1ccc(F)cc1. The van der Waals surface area contributed by atoms with Gasteiger partial charge in [0.25, 0.3) is 5.91 Å². The highest BCUT2D eigenvalue weighted by Crippen LogP contribution is 2.33. The number of aliphatic imine (C=N–C) groups is 1. The topological polar surface area (TPSA) is 139 Å². The van der Waals surface area contributed by atoms with Crippen LogP contribution in [0.4, 0.5) is 4.39 Å². The minimum atomic E-state index is -3.64. The molecular weight excluding hydrogens is 511 g/mol. The van der Waals surface area contributed by atoms with Gasteiger partial charge in [-0.15, -0.1) is 5.10 Å². The van der Waals surface area contributed by atoms with Crippen LogP contribution in [0.3, 0.4) is 0 Å². The van der Waals surface area contributed by atoms with Gasteiger partial charge in [-0.1, -0.05) is 13.0 Å². The molecule has 2 aliphatic rings. The monoisotopic (exact) mass is 530 g/mol. The molecule has 0 fully saturated rings. The number of esters is 1. The van der Waals surface area contributed by atoms with Gasteiger partial charge in [-0.05, 0) is 66.7 Å². The Bertz CT molecular complexity index is 1470. The van der Waals surface area contributed by atoms with Gasteiger partial charge in [0, 0.05) is 0 Å². The zero-order chi connectivity index (χ0) is 26.0. The van der Waals surface area contributed by atoms with Gasteiger partial charge >= 0.3 is 5.97 Å². The van der Waals surface area contributed by atoms with Crippen molar-refractivity contribution in [3.05, 3.63) is 65.0 Å². The largest absolute Gasteiger partial charge is 0.490 e. The van der Waals surface area contributed by atoms with Gasteiger partial charge in [-0.2, -0.15) is 10.0 Å². The molecule has 13 heteroatoms. The number of amides is 1. The Labute approximate surface area is 209 Å². The molecule has 0 saturated heterocycles. The molecule has 2 aromatic rings. The minimum absolute atomic E-state index is 0.00719. The molecule has 2 heterocycles. The molecule has 0 unspecified atom stereocenters. The Morgan fingerprint density at radius 3 is 2.56 bits per heavy atom. The highest BCUT2D eigenvalue weighted by molar-refractivity contribution is 8.42. The third-order valence-corrected chi connectivity index (χ3v) is 8.03. The molecule has 1 amide bonds. The number of nitrogens with zero attached hydrogens (tertiary/aromatic N) is 3. The van der Waals surface area contributed by atoms with Crippen molar-refractivity contribution in [2.45, 2.75) is 13.8 Å². The van der Waals surface area contributed by atoms with Gasteiger partial charge in [0.2, 0.25) is 19.4 Å². The van der Waals surface area contributed by atoms with Crippen LogP contribution in [-0.2, 0) is 14.6 Å². The summed E-state index contributed by atoms with van der Waals surface area (Å²) in [5, 5.41) is 13.4. The van der Waals surface area contributed by atoms with Gasteiger partial charge in [0.15, 0.2) is 17.3 Å². The molecule has 10 nitrogen and oxygen atoms in total. The summed E-state index contributed by atoms with van der Waals surface area (Å²) < 4.78 is 48.2. The lowest BCUT2D eigenvalue weighted by Crippen LogP contribution is -2.35. The number of halogens is 1. The number of benzene rings is 2. The van der Waals surface area contributed by atoms with Gasteiger partial charge < -0.3 is 9.47 Å². The van der Waals surface area contributed by atoms with Crippen LogP contribution in [0.1, 0.15) is 29.8 Å². The lowest BCUT2D eigenvalue weighted by Gasteiger charge is -2.20. The first-order chi connectivity index (χ1) is 17.1. The summed E-state index contributed by atoms with van der Waals surface area (Å²) in [5.74, 6) is -2.13. The van der Waals surface area contributed by atoms with Crippen molar-refractivity contribution in [1.29, 1.82) is 5.41 Å². The zero-order valence-electron chi connectivity index (χ0n) is 19.0. The number of hydrogen-bond donors (Lipinski definition) is 1. The van der Waals surface area contributed by atoms with E-state index >= 15 is 0 Å².